The first-order valence-corrected chi connectivity index (χ1v) is 10.5. The van der Waals surface area contributed by atoms with Gasteiger partial charge in [0.1, 0.15) is 0 Å². The Balaban J connectivity index is 1.74. The molecule has 1 N–H and O–H groups in total. The van der Waals surface area contributed by atoms with Crippen molar-refractivity contribution in [3.05, 3.63) is 47.3 Å². The molecule has 0 atom stereocenters. The highest BCUT2D eigenvalue weighted by Gasteiger charge is 2.15. The molecule has 0 aromatic heterocycles. The maximum absolute atomic E-state index is 11.7. The summed E-state index contributed by atoms with van der Waals surface area (Å²) in [6, 6.07) is 5.11. The van der Waals surface area contributed by atoms with Crippen LogP contribution in [0.2, 0.25) is 0 Å². The third-order valence-corrected chi connectivity index (χ3v) is 5.48. The summed E-state index contributed by atoms with van der Waals surface area (Å²) in [4.78, 5) is 25.2. The molecule has 0 amide bonds. The molecule has 2 fully saturated rings. The second kappa shape index (κ2) is 10.0. The lowest BCUT2D eigenvalue weighted by Gasteiger charge is -2.16. The van der Waals surface area contributed by atoms with E-state index in [1.165, 1.54) is 17.8 Å². The number of carboxylic acid groups (broad SMARTS) is 1. The fourth-order valence-electron chi connectivity index (χ4n) is 3.91. The first-order valence-electron chi connectivity index (χ1n) is 10.5. The van der Waals surface area contributed by atoms with Crippen LogP contribution in [0.15, 0.2) is 51.7 Å². The molecule has 3 rings (SSSR count). The molecule has 2 saturated heterocycles. The Labute approximate surface area is 173 Å². The summed E-state index contributed by atoms with van der Waals surface area (Å²) in [6.45, 7) is 8.45. The smallest absolute Gasteiger partial charge is 0.337 e. The van der Waals surface area contributed by atoms with Gasteiger partial charge in [-0.2, -0.15) is 0 Å². The molecule has 6 heteroatoms. The van der Waals surface area contributed by atoms with Crippen molar-refractivity contribution in [2.24, 2.45) is 9.98 Å². The third kappa shape index (κ3) is 5.34. The molecule has 2 aliphatic rings. The van der Waals surface area contributed by atoms with Gasteiger partial charge in [0, 0.05) is 50.0 Å². The van der Waals surface area contributed by atoms with E-state index < -0.39 is 5.97 Å². The van der Waals surface area contributed by atoms with Crippen molar-refractivity contribution in [3.8, 4) is 0 Å². The number of benzene rings is 1. The maximum atomic E-state index is 11.7. The Morgan fingerprint density at radius 1 is 1.00 bits per heavy atom. The van der Waals surface area contributed by atoms with Crippen LogP contribution >= 0.6 is 0 Å². The highest BCUT2D eigenvalue weighted by molar-refractivity contribution is 5.96. The summed E-state index contributed by atoms with van der Waals surface area (Å²) < 4.78 is 0. The molecule has 2 aliphatic heterocycles. The van der Waals surface area contributed by atoms with Gasteiger partial charge in [0.15, 0.2) is 0 Å². The van der Waals surface area contributed by atoms with E-state index in [9.17, 15) is 9.90 Å². The monoisotopic (exact) mass is 394 g/mol. The number of carboxylic acids is 1. The molecular weight excluding hydrogens is 364 g/mol. The average Bonchev–Trinajstić information content (AvgIpc) is 3.37. The molecule has 0 aliphatic carbocycles. The molecule has 0 bridgehead atoms. The zero-order chi connectivity index (χ0) is 20.6. The van der Waals surface area contributed by atoms with E-state index in [-0.39, 0.29) is 5.56 Å². The highest BCUT2D eigenvalue weighted by atomic mass is 16.4. The summed E-state index contributed by atoms with van der Waals surface area (Å²) in [5.41, 5.74) is 3.77. The van der Waals surface area contributed by atoms with Gasteiger partial charge < -0.3 is 14.9 Å². The van der Waals surface area contributed by atoms with Crippen LogP contribution in [-0.2, 0) is 0 Å². The van der Waals surface area contributed by atoms with Gasteiger partial charge in [0.2, 0.25) is 0 Å². The fraction of sp³-hybridized carbons (Fsp3) is 0.435. The number of carbonyl (C=O) groups is 1. The standard InChI is InChI=1S/C23H30N4O2/c1-3-26-15-5-7-19(26)11-13-24-18-9-10-22(21(17-18)23(28)29)25-14-12-20-8-6-16-27(20)4-2/h9-14,17H,3-8,15-16H2,1-2H3,(H,28,29)/b19-11+,20-12+,24-13?,25-14?. The van der Waals surface area contributed by atoms with Gasteiger partial charge in [-0.3, -0.25) is 9.98 Å². The molecule has 0 spiro atoms. The topological polar surface area (TPSA) is 68.5 Å². The van der Waals surface area contributed by atoms with Gasteiger partial charge in [-0.1, -0.05) is 0 Å². The number of rotatable bonds is 7. The van der Waals surface area contributed by atoms with Gasteiger partial charge in [0.05, 0.1) is 16.9 Å². The Morgan fingerprint density at radius 3 is 2.14 bits per heavy atom. The summed E-state index contributed by atoms with van der Waals surface area (Å²) in [5, 5.41) is 9.58. The number of hydrogen-bond donors (Lipinski definition) is 1. The van der Waals surface area contributed by atoms with Crippen molar-refractivity contribution in [1.82, 2.24) is 9.80 Å². The average molecular weight is 395 g/mol. The van der Waals surface area contributed by atoms with Crippen molar-refractivity contribution in [2.45, 2.75) is 39.5 Å². The minimum atomic E-state index is -0.996. The minimum absolute atomic E-state index is 0.164. The lowest BCUT2D eigenvalue weighted by molar-refractivity contribution is 0.0698. The van der Waals surface area contributed by atoms with Crippen LogP contribution in [0, 0.1) is 0 Å². The molecule has 29 heavy (non-hydrogen) atoms. The summed E-state index contributed by atoms with van der Waals surface area (Å²) in [6.07, 6.45) is 11.9. The van der Waals surface area contributed by atoms with Crippen LogP contribution in [0.3, 0.4) is 0 Å². The van der Waals surface area contributed by atoms with E-state index in [1.54, 1.807) is 30.6 Å². The van der Waals surface area contributed by atoms with Gasteiger partial charge in [0.25, 0.3) is 0 Å². The molecule has 0 radical (unpaired) electrons. The maximum Gasteiger partial charge on any atom is 0.337 e. The molecule has 2 heterocycles. The lowest BCUT2D eigenvalue weighted by Crippen LogP contribution is -2.16. The molecule has 1 aromatic rings. The first-order chi connectivity index (χ1) is 14.1. The number of allylic oxidation sites excluding steroid dienone is 4. The van der Waals surface area contributed by atoms with E-state index in [2.05, 4.69) is 33.6 Å². The van der Waals surface area contributed by atoms with Crippen molar-refractivity contribution < 1.29 is 9.90 Å². The number of likely N-dealkylation sites (tertiary alicyclic amines) is 2. The van der Waals surface area contributed by atoms with E-state index in [0.29, 0.717) is 11.4 Å². The van der Waals surface area contributed by atoms with Crippen LogP contribution < -0.4 is 0 Å². The largest absolute Gasteiger partial charge is 0.478 e. The van der Waals surface area contributed by atoms with Gasteiger partial charge in [-0.25, -0.2) is 4.79 Å². The van der Waals surface area contributed by atoms with Crippen LogP contribution in [0.5, 0.6) is 0 Å². The predicted molar refractivity (Wildman–Crippen MR) is 119 cm³/mol. The Hall–Kier alpha value is -2.89. The molecular formula is C23H30N4O2. The van der Waals surface area contributed by atoms with Crippen LogP contribution in [0.1, 0.15) is 49.9 Å². The van der Waals surface area contributed by atoms with Gasteiger partial charge in [-0.05, 0) is 69.9 Å². The molecule has 1 aromatic carbocycles. The van der Waals surface area contributed by atoms with E-state index in [0.717, 1.165) is 45.4 Å². The van der Waals surface area contributed by atoms with E-state index in [4.69, 9.17) is 0 Å². The quantitative estimate of drug-likeness (QED) is 0.675. The van der Waals surface area contributed by atoms with Crippen LogP contribution in [0.4, 0.5) is 11.4 Å². The third-order valence-electron chi connectivity index (χ3n) is 5.48. The minimum Gasteiger partial charge on any atom is -0.478 e. The first kappa shape index (κ1) is 20.8. The van der Waals surface area contributed by atoms with Crippen LogP contribution in [0.25, 0.3) is 0 Å². The van der Waals surface area contributed by atoms with E-state index >= 15 is 0 Å². The number of aliphatic imine (C=N–C) groups is 2. The Morgan fingerprint density at radius 2 is 1.59 bits per heavy atom. The summed E-state index contributed by atoms with van der Waals surface area (Å²) >= 11 is 0. The van der Waals surface area contributed by atoms with Crippen molar-refractivity contribution >= 4 is 29.8 Å². The molecule has 154 valence electrons. The van der Waals surface area contributed by atoms with Gasteiger partial charge in [-0.15, -0.1) is 0 Å². The fourth-order valence-corrected chi connectivity index (χ4v) is 3.91. The number of hydrogen-bond acceptors (Lipinski definition) is 5. The van der Waals surface area contributed by atoms with Crippen molar-refractivity contribution in [2.75, 3.05) is 26.2 Å². The molecule has 0 unspecified atom stereocenters. The number of aromatic carboxylic acids is 1. The zero-order valence-corrected chi connectivity index (χ0v) is 17.3. The molecule has 6 nitrogen and oxygen atoms in total. The lowest BCUT2D eigenvalue weighted by atomic mass is 10.1. The second-order valence-electron chi connectivity index (χ2n) is 7.25. The number of nitrogens with zero attached hydrogens (tertiary/aromatic N) is 4. The highest BCUT2D eigenvalue weighted by Crippen LogP contribution is 2.26. The summed E-state index contributed by atoms with van der Waals surface area (Å²) in [7, 11) is 0. The van der Waals surface area contributed by atoms with E-state index in [1.807, 2.05) is 12.2 Å². The Kier molecular flexibility index (Phi) is 7.22. The van der Waals surface area contributed by atoms with Gasteiger partial charge >= 0.3 is 5.97 Å². The van der Waals surface area contributed by atoms with Crippen molar-refractivity contribution in [1.29, 1.82) is 0 Å². The normalized spacial score (nSPS) is 20.2. The predicted octanol–water partition coefficient (Wildman–Crippen LogP) is 4.79. The SMILES string of the molecule is CCN1CCC/C1=C\C=Nc1ccc(N=C/C=C2\CCCN2CC)c(C(=O)O)c1. The zero-order valence-electron chi connectivity index (χ0n) is 17.3. The summed E-state index contributed by atoms with van der Waals surface area (Å²) in [5.74, 6) is -0.996. The van der Waals surface area contributed by atoms with Crippen LogP contribution in [-0.4, -0.2) is 59.5 Å². The van der Waals surface area contributed by atoms with Crippen molar-refractivity contribution in [3.63, 3.8) is 0 Å². The second-order valence-corrected chi connectivity index (χ2v) is 7.25. The Bertz CT molecular complexity index is 854. The molecule has 0 saturated carbocycles.